The molecule has 1 N–H and O–H groups in total. The topological polar surface area (TPSA) is 87.1 Å². The molecule has 184 valence electrons. The predicted octanol–water partition coefficient (Wildman–Crippen LogP) is 2.78. The van der Waals surface area contributed by atoms with E-state index >= 15 is 0 Å². The molecule has 33 heavy (non-hydrogen) atoms. The van der Waals surface area contributed by atoms with Crippen LogP contribution in [0.5, 0.6) is 0 Å². The molecule has 8 heteroatoms. The summed E-state index contributed by atoms with van der Waals surface area (Å²) >= 11 is 1.64. The summed E-state index contributed by atoms with van der Waals surface area (Å²) in [6, 6.07) is -0.646. The Balaban J connectivity index is 1.98. The van der Waals surface area contributed by atoms with Crippen LogP contribution in [0.15, 0.2) is 25.3 Å². The summed E-state index contributed by atoms with van der Waals surface area (Å²) in [6.07, 6.45) is 8.07. The quantitative estimate of drug-likeness (QED) is 0.249. The number of aliphatic hydroxyl groups is 1. The van der Waals surface area contributed by atoms with Crippen LogP contribution in [0.3, 0.4) is 0 Å². The number of amides is 2. The summed E-state index contributed by atoms with van der Waals surface area (Å²) in [5.41, 5.74) is 0. The third-order valence-electron chi connectivity index (χ3n) is 7.36. The van der Waals surface area contributed by atoms with E-state index in [9.17, 15) is 19.5 Å². The number of likely N-dealkylation sites (tertiary alicyclic amines) is 1. The van der Waals surface area contributed by atoms with Gasteiger partial charge in [0.2, 0.25) is 11.8 Å². The Labute approximate surface area is 201 Å². The summed E-state index contributed by atoms with van der Waals surface area (Å²) in [5, 5.41) is 9.45. The van der Waals surface area contributed by atoms with Gasteiger partial charge >= 0.3 is 5.97 Å². The van der Waals surface area contributed by atoms with Crippen molar-refractivity contribution in [1.82, 2.24) is 9.80 Å². The van der Waals surface area contributed by atoms with Crippen LogP contribution in [0.1, 0.15) is 52.4 Å². The number of thioether (sulfide) groups is 1. The lowest BCUT2D eigenvalue weighted by Gasteiger charge is -2.37. The zero-order chi connectivity index (χ0) is 24.2. The van der Waals surface area contributed by atoms with E-state index in [1.807, 2.05) is 11.8 Å². The number of carbonyl (C=O) groups is 3. The lowest BCUT2D eigenvalue weighted by atomic mass is 9.66. The molecule has 2 unspecified atom stereocenters. The molecule has 0 aliphatic carbocycles. The van der Waals surface area contributed by atoms with Gasteiger partial charge in [0.05, 0.1) is 16.6 Å². The second kappa shape index (κ2) is 10.6. The minimum Gasteiger partial charge on any atom is -0.461 e. The lowest BCUT2D eigenvalue weighted by molar-refractivity contribution is -0.154. The Morgan fingerprint density at radius 3 is 2.67 bits per heavy atom. The Kier molecular flexibility index (Phi) is 8.32. The molecule has 3 aliphatic heterocycles. The van der Waals surface area contributed by atoms with Gasteiger partial charge in [-0.15, -0.1) is 18.3 Å². The lowest BCUT2D eigenvalue weighted by Crippen LogP contribution is -2.55. The van der Waals surface area contributed by atoms with E-state index in [2.05, 4.69) is 20.1 Å². The average molecular weight is 479 g/mol. The summed E-state index contributed by atoms with van der Waals surface area (Å²) in [4.78, 5) is 44.3. The van der Waals surface area contributed by atoms with Gasteiger partial charge in [-0.25, -0.2) is 0 Å². The van der Waals surface area contributed by atoms with Gasteiger partial charge in [0.1, 0.15) is 12.6 Å². The monoisotopic (exact) mass is 478 g/mol. The molecule has 2 amide bonds. The number of carbonyl (C=O) groups excluding carboxylic acids is 3. The Bertz CT molecular complexity index is 789. The van der Waals surface area contributed by atoms with Gasteiger partial charge in [0, 0.05) is 31.0 Å². The second-order valence-corrected chi connectivity index (χ2v) is 11.4. The van der Waals surface area contributed by atoms with Gasteiger partial charge in [0.15, 0.2) is 0 Å². The molecule has 1 spiro atoms. The molecule has 5 atom stereocenters. The summed E-state index contributed by atoms with van der Waals surface area (Å²) in [7, 11) is 0. The fraction of sp³-hybridized carbons (Fsp3) is 0.720. The molecule has 3 fully saturated rings. The minimum absolute atomic E-state index is 0.0646. The smallest absolute Gasteiger partial charge is 0.311 e. The second-order valence-electron chi connectivity index (χ2n) is 9.54. The van der Waals surface area contributed by atoms with Gasteiger partial charge in [-0.2, -0.15) is 0 Å². The highest BCUT2D eigenvalue weighted by Crippen LogP contribution is 2.71. The fourth-order valence-electron chi connectivity index (χ4n) is 5.95. The average Bonchev–Trinajstić information content (AvgIpc) is 3.36. The Morgan fingerprint density at radius 1 is 1.27 bits per heavy atom. The number of hydrogen-bond donors (Lipinski definition) is 1. The molecule has 3 aliphatic rings. The van der Waals surface area contributed by atoms with Crippen LogP contribution >= 0.6 is 11.8 Å². The number of aliphatic hydroxyl groups excluding tert-OH is 1. The molecular formula is C25H38N2O5S. The van der Waals surface area contributed by atoms with Crippen molar-refractivity contribution >= 4 is 29.5 Å². The minimum atomic E-state index is -0.652. The van der Waals surface area contributed by atoms with Crippen molar-refractivity contribution in [3.8, 4) is 0 Å². The molecule has 3 saturated heterocycles. The van der Waals surface area contributed by atoms with E-state index < -0.39 is 27.4 Å². The zero-order valence-electron chi connectivity index (χ0n) is 20.0. The molecule has 0 aromatic carbocycles. The van der Waals surface area contributed by atoms with Gasteiger partial charge < -0.3 is 19.6 Å². The number of ether oxygens (including phenoxy) is 1. The van der Waals surface area contributed by atoms with E-state index in [-0.39, 0.29) is 31.0 Å². The van der Waals surface area contributed by atoms with Crippen LogP contribution < -0.4 is 0 Å². The summed E-state index contributed by atoms with van der Waals surface area (Å²) in [6.45, 7) is 13.0. The van der Waals surface area contributed by atoms with Crippen molar-refractivity contribution in [1.29, 1.82) is 0 Å². The van der Waals surface area contributed by atoms with Crippen LogP contribution in [-0.4, -0.2) is 81.1 Å². The molecule has 0 radical (unpaired) electrons. The first-order chi connectivity index (χ1) is 15.8. The first-order valence-electron chi connectivity index (χ1n) is 12.1. The molecule has 2 bridgehead atoms. The molecule has 0 aromatic heterocycles. The Hall–Kier alpha value is -1.80. The van der Waals surface area contributed by atoms with E-state index in [1.165, 1.54) is 6.08 Å². The molecule has 0 aromatic rings. The van der Waals surface area contributed by atoms with Gasteiger partial charge in [-0.3, -0.25) is 14.4 Å². The van der Waals surface area contributed by atoms with Crippen LogP contribution in [0, 0.1) is 11.8 Å². The van der Waals surface area contributed by atoms with E-state index in [0.29, 0.717) is 32.5 Å². The number of esters is 1. The Morgan fingerprint density at radius 2 is 2.03 bits per heavy atom. The highest BCUT2D eigenvalue weighted by Gasteiger charge is 2.77. The number of nitrogens with zero attached hydrogens (tertiary/aromatic N) is 2. The number of rotatable bonds is 13. The van der Waals surface area contributed by atoms with Crippen molar-refractivity contribution in [3.63, 3.8) is 0 Å². The van der Waals surface area contributed by atoms with Crippen molar-refractivity contribution in [3.05, 3.63) is 25.3 Å². The van der Waals surface area contributed by atoms with Gasteiger partial charge in [0.25, 0.3) is 0 Å². The SMILES string of the molecule is C=CCOC(=O)[C@@H]1[C@H]2C(=O)N(CCCO)C(C(=O)N(CC=C)CCCCC)C23CC[C@@]1(C)S3. The maximum atomic E-state index is 14.0. The zero-order valence-corrected chi connectivity index (χ0v) is 20.8. The van der Waals surface area contributed by atoms with Crippen LogP contribution in [0.2, 0.25) is 0 Å². The van der Waals surface area contributed by atoms with E-state index in [4.69, 9.17) is 4.74 Å². The van der Waals surface area contributed by atoms with Gasteiger partial charge in [-0.05, 0) is 32.6 Å². The first-order valence-corrected chi connectivity index (χ1v) is 12.9. The largest absolute Gasteiger partial charge is 0.461 e. The van der Waals surface area contributed by atoms with Crippen molar-refractivity contribution < 1.29 is 24.2 Å². The highest BCUT2D eigenvalue weighted by molar-refractivity contribution is 8.02. The van der Waals surface area contributed by atoms with Crippen LogP contribution in [0.25, 0.3) is 0 Å². The molecule has 7 nitrogen and oxygen atoms in total. The molecule has 3 heterocycles. The molecular weight excluding hydrogens is 440 g/mol. The van der Waals surface area contributed by atoms with Crippen molar-refractivity contribution in [2.45, 2.75) is 67.9 Å². The molecule has 3 rings (SSSR count). The normalized spacial score (nSPS) is 32.0. The predicted molar refractivity (Wildman–Crippen MR) is 130 cm³/mol. The fourth-order valence-corrected chi connectivity index (χ4v) is 8.29. The van der Waals surface area contributed by atoms with Crippen molar-refractivity contribution in [2.75, 3.05) is 32.8 Å². The number of fused-ring (bicyclic) bond motifs is 1. The summed E-state index contributed by atoms with van der Waals surface area (Å²) < 4.78 is 4.33. The van der Waals surface area contributed by atoms with Crippen LogP contribution in [0.4, 0.5) is 0 Å². The standard InChI is InChI=1S/C25H38N2O5S/c1-5-8-9-14-26(13-6-2)22(30)20-25-12-11-24(4,33-25)19(23(31)32-17-7-3)18(25)21(29)27(20)15-10-16-28/h6-7,18-20,28H,2-3,5,8-17H2,1,4H3/t18-,19-,20?,24+,25?/m0/s1. The number of unbranched alkanes of at least 4 members (excludes halogenated alkanes) is 2. The first kappa shape index (κ1) is 25.8. The third-order valence-corrected chi connectivity index (χ3v) is 9.34. The third kappa shape index (κ3) is 4.48. The van der Waals surface area contributed by atoms with Crippen LogP contribution in [-0.2, 0) is 19.1 Å². The van der Waals surface area contributed by atoms with E-state index in [1.54, 1.807) is 22.7 Å². The van der Waals surface area contributed by atoms with Gasteiger partial charge in [-0.1, -0.05) is 38.5 Å². The number of hydrogen-bond acceptors (Lipinski definition) is 6. The van der Waals surface area contributed by atoms with Crippen molar-refractivity contribution in [2.24, 2.45) is 11.8 Å². The summed E-state index contributed by atoms with van der Waals surface area (Å²) in [5.74, 6) is -1.80. The molecule has 0 saturated carbocycles. The highest BCUT2D eigenvalue weighted by atomic mass is 32.2. The van der Waals surface area contributed by atoms with E-state index in [0.717, 1.165) is 25.7 Å². The maximum Gasteiger partial charge on any atom is 0.311 e. The maximum absolute atomic E-state index is 14.0.